The molecule has 5 nitrogen and oxygen atoms in total. The van der Waals surface area contributed by atoms with Crippen LogP contribution in [0.5, 0.6) is 0 Å². The first-order valence-electron chi connectivity index (χ1n) is 4.90. The third kappa shape index (κ3) is 2.92. The van der Waals surface area contributed by atoms with Crippen LogP contribution in [0.25, 0.3) is 0 Å². The van der Waals surface area contributed by atoms with E-state index in [1.165, 1.54) is 6.92 Å². The molecule has 0 spiro atoms. The van der Waals surface area contributed by atoms with Crippen molar-refractivity contribution >= 4 is 15.8 Å². The number of aliphatic carboxylic acids is 1. The molecule has 0 aromatic rings. The average Bonchev–Trinajstić information content (AvgIpc) is 2.50. The molecule has 0 radical (unpaired) electrons. The summed E-state index contributed by atoms with van der Waals surface area (Å²) in [6.45, 7) is 3.55. The maximum Gasteiger partial charge on any atom is 0.307 e. The second kappa shape index (κ2) is 4.49. The summed E-state index contributed by atoms with van der Waals surface area (Å²) >= 11 is 0. The fourth-order valence-electron chi connectivity index (χ4n) is 1.73. The van der Waals surface area contributed by atoms with Gasteiger partial charge < -0.3 is 9.84 Å². The molecule has 6 heteroatoms. The normalized spacial score (nSPS) is 28.9. The quantitative estimate of drug-likeness (QED) is 0.759. The minimum atomic E-state index is -3.36. The van der Waals surface area contributed by atoms with Crippen molar-refractivity contribution in [1.29, 1.82) is 0 Å². The number of hydrogen-bond acceptors (Lipinski definition) is 4. The van der Waals surface area contributed by atoms with Crippen LogP contribution in [0.2, 0.25) is 0 Å². The Kier molecular flexibility index (Phi) is 3.72. The zero-order valence-corrected chi connectivity index (χ0v) is 9.66. The standard InChI is InChI=1S/C9H16O5S/c1-6(9(10)11)5-15(12,13)8-3-4-14-7(8)2/h6-8H,3-5H2,1-2H3,(H,10,11). The predicted molar refractivity (Wildman–Crippen MR) is 54.4 cm³/mol. The van der Waals surface area contributed by atoms with E-state index in [0.717, 1.165) is 0 Å². The molecule has 0 bridgehead atoms. The minimum absolute atomic E-state index is 0.305. The van der Waals surface area contributed by atoms with Gasteiger partial charge in [0.15, 0.2) is 9.84 Å². The smallest absolute Gasteiger partial charge is 0.307 e. The van der Waals surface area contributed by atoms with E-state index in [-0.39, 0.29) is 11.9 Å². The van der Waals surface area contributed by atoms with Crippen molar-refractivity contribution in [2.24, 2.45) is 5.92 Å². The summed E-state index contributed by atoms with van der Waals surface area (Å²) < 4.78 is 28.8. The fraction of sp³-hybridized carbons (Fsp3) is 0.889. The van der Waals surface area contributed by atoms with E-state index in [1.54, 1.807) is 6.92 Å². The molecule has 3 atom stereocenters. The van der Waals surface area contributed by atoms with Crippen LogP contribution in [-0.2, 0) is 19.4 Å². The molecule has 0 saturated carbocycles. The lowest BCUT2D eigenvalue weighted by atomic mass is 10.2. The molecule has 88 valence electrons. The van der Waals surface area contributed by atoms with Crippen molar-refractivity contribution in [2.75, 3.05) is 12.4 Å². The van der Waals surface area contributed by atoms with Gasteiger partial charge in [0.25, 0.3) is 0 Å². The Morgan fingerprint density at radius 2 is 2.20 bits per heavy atom. The highest BCUT2D eigenvalue weighted by Gasteiger charge is 2.37. The second-order valence-corrected chi connectivity index (χ2v) is 6.24. The van der Waals surface area contributed by atoms with Crippen molar-refractivity contribution in [1.82, 2.24) is 0 Å². The van der Waals surface area contributed by atoms with Gasteiger partial charge in [-0.05, 0) is 13.3 Å². The summed E-state index contributed by atoms with van der Waals surface area (Å²) in [5.74, 6) is -2.24. The third-order valence-corrected chi connectivity index (χ3v) is 5.18. The highest BCUT2D eigenvalue weighted by atomic mass is 32.2. The molecular weight excluding hydrogens is 220 g/mol. The van der Waals surface area contributed by atoms with Gasteiger partial charge in [0.05, 0.1) is 23.0 Å². The Labute approximate surface area is 89.3 Å². The fourth-order valence-corrected chi connectivity index (χ4v) is 3.93. The molecule has 1 aliphatic rings. The number of hydrogen-bond donors (Lipinski definition) is 1. The molecule has 1 heterocycles. The third-order valence-electron chi connectivity index (χ3n) is 2.67. The lowest BCUT2D eigenvalue weighted by molar-refractivity contribution is -0.140. The van der Waals surface area contributed by atoms with Gasteiger partial charge in [0, 0.05) is 6.61 Å². The molecule has 1 N–H and O–H groups in total. The van der Waals surface area contributed by atoms with E-state index in [1.807, 2.05) is 0 Å². The summed E-state index contributed by atoms with van der Waals surface area (Å²) in [4.78, 5) is 10.6. The topological polar surface area (TPSA) is 80.7 Å². The first-order valence-corrected chi connectivity index (χ1v) is 6.62. The van der Waals surface area contributed by atoms with Crippen molar-refractivity contribution in [3.63, 3.8) is 0 Å². The Morgan fingerprint density at radius 1 is 1.60 bits per heavy atom. The minimum Gasteiger partial charge on any atom is -0.481 e. The molecule has 0 aromatic carbocycles. The highest BCUT2D eigenvalue weighted by molar-refractivity contribution is 7.92. The second-order valence-electron chi connectivity index (χ2n) is 3.97. The lowest BCUT2D eigenvalue weighted by Crippen LogP contribution is -2.33. The van der Waals surface area contributed by atoms with E-state index < -0.39 is 27.0 Å². The molecule has 1 aliphatic heterocycles. The molecule has 0 aromatic heterocycles. The van der Waals surface area contributed by atoms with Crippen molar-refractivity contribution in [3.8, 4) is 0 Å². The van der Waals surface area contributed by atoms with Crippen LogP contribution in [0.15, 0.2) is 0 Å². The van der Waals surface area contributed by atoms with Crippen LogP contribution < -0.4 is 0 Å². The first kappa shape index (κ1) is 12.4. The van der Waals surface area contributed by atoms with Crippen molar-refractivity contribution in [2.45, 2.75) is 31.6 Å². The van der Waals surface area contributed by atoms with Gasteiger partial charge in [0.1, 0.15) is 0 Å². The van der Waals surface area contributed by atoms with Crippen LogP contribution >= 0.6 is 0 Å². The number of carbonyl (C=O) groups is 1. The van der Waals surface area contributed by atoms with Gasteiger partial charge in [-0.15, -0.1) is 0 Å². The largest absolute Gasteiger partial charge is 0.481 e. The summed E-state index contributed by atoms with van der Waals surface area (Å²) in [5, 5.41) is 8.12. The van der Waals surface area contributed by atoms with E-state index in [9.17, 15) is 13.2 Å². The van der Waals surface area contributed by atoms with Crippen LogP contribution in [0.4, 0.5) is 0 Å². The summed E-state index contributed by atoms with van der Waals surface area (Å²) in [6, 6.07) is 0. The number of rotatable bonds is 4. The Bertz CT molecular complexity index is 334. The van der Waals surface area contributed by atoms with Gasteiger partial charge in [-0.25, -0.2) is 8.42 Å². The summed E-state index contributed by atoms with van der Waals surface area (Å²) in [6.07, 6.45) is 0.145. The molecule has 15 heavy (non-hydrogen) atoms. The molecule has 3 unspecified atom stereocenters. The Hall–Kier alpha value is -0.620. The zero-order valence-electron chi connectivity index (χ0n) is 8.84. The lowest BCUT2D eigenvalue weighted by Gasteiger charge is -2.16. The number of ether oxygens (including phenoxy) is 1. The van der Waals surface area contributed by atoms with E-state index in [2.05, 4.69) is 0 Å². The van der Waals surface area contributed by atoms with Gasteiger partial charge in [-0.2, -0.15) is 0 Å². The van der Waals surface area contributed by atoms with Gasteiger partial charge >= 0.3 is 5.97 Å². The van der Waals surface area contributed by atoms with Crippen molar-refractivity contribution in [3.05, 3.63) is 0 Å². The van der Waals surface area contributed by atoms with Gasteiger partial charge in [-0.3, -0.25) is 4.79 Å². The maximum absolute atomic E-state index is 11.8. The molecule has 0 aliphatic carbocycles. The van der Waals surface area contributed by atoms with Crippen LogP contribution in [0.3, 0.4) is 0 Å². The molecule has 1 fully saturated rings. The Morgan fingerprint density at radius 3 is 2.60 bits per heavy atom. The van der Waals surface area contributed by atoms with E-state index in [4.69, 9.17) is 9.84 Å². The van der Waals surface area contributed by atoms with Crippen LogP contribution in [0.1, 0.15) is 20.3 Å². The van der Waals surface area contributed by atoms with Crippen molar-refractivity contribution < 1.29 is 23.1 Å². The number of carboxylic acids is 1. The van der Waals surface area contributed by atoms with Gasteiger partial charge in [-0.1, -0.05) is 6.92 Å². The molecule has 0 amide bonds. The zero-order chi connectivity index (χ0) is 11.6. The molecular formula is C9H16O5S. The molecule has 1 saturated heterocycles. The summed E-state index contributed by atoms with van der Waals surface area (Å²) in [5.41, 5.74) is 0. The van der Waals surface area contributed by atoms with E-state index >= 15 is 0 Å². The highest BCUT2D eigenvalue weighted by Crippen LogP contribution is 2.22. The van der Waals surface area contributed by atoms with Gasteiger partial charge in [0.2, 0.25) is 0 Å². The van der Waals surface area contributed by atoms with E-state index in [0.29, 0.717) is 13.0 Å². The van der Waals surface area contributed by atoms with Crippen LogP contribution in [0, 0.1) is 5.92 Å². The maximum atomic E-state index is 11.8. The number of carboxylic acid groups (broad SMARTS) is 1. The predicted octanol–water partition coefficient (Wildman–Crippen LogP) is 0.299. The SMILES string of the molecule is CC(CS(=O)(=O)C1CCOC1C)C(=O)O. The number of sulfone groups is 1. The molecule has 1 rings (SSSR count). The average molecular weight is 236 g/mol. The van der Waals surface area contributed by atoms with Crippen LogP contribution in [-0.4, -0.2) is 43.2 Å². The Balaban J connectivity index is 2.71. The first-order chi connectivity index (χ1) is 6.84. The monoisotopic (exact) mass is 236 g/mol. The summed E-state index contributed by atoms with van der Waals surface area (Å²) in [7, 11) is -3.36.